The first-order valence-electron chi connectivity index (χ1n) is 16.0. The van der Waals surface area contributed by atoms with E-state index >= 15 is 0 Å². The van der Waals surface area contributed by atoms with Gasteiger partial charge in [-0.25, -0.2) is 10.9 Å². The first-order chi connectivity index (χ1) is 24.7. The van der Waals surface area contributed by atoms with Gasteiger partial charge in [0.25, 0.3) is 11.8 Å². The van der Waals surface area contributed by atoms with E-state index < -0.39 is 0 Å². The van der Waals surface area contributed by atoms with Crippen molar-refractivity contribution in [2.24, 2.45) is 10.2 Å². The summed E-state index contributed by atoms with van der Waals surface area (Å²) in [6, 6.07) is 28.7. The van der Waals surface area contributed by atoms with Crippen LogP contribution in [0, 0.1) is 0 Å². The highest BCUT2D eigenvalue weighted by atomic mass is 35.5. The number of amides is 2. The van der Waals surface area contributed by atoms with E-state index in [0.29, 0.717) is 45.4 Å². The second-order valence-electron chi connectivity index (χ2n) is 12.3. The Morgan fingerprint density at radius 1 is 0.608 bits per heavy atom. The average Bonchev–Trinajstić information content (AvgIpc) is 3.13. The Labute approximate surface area is 301 Å². The third-order valence-corrected chi connectivity index (χ3v) is 9.65. The van der Waals surface area contributed by atoms with E-state index in [-0.39, 0.29) is 23.3 Å². The molecule has 0 aliphatic carbocycles. The zero-order chi connectivity index (χ0) is 35.2. The van der Waals surface area contributed by atoms with Crippen molar-refractivity contribution in [1.29, 1.82) is 0 Å². The monoisotopic (exact) mass is 714 g/mol. The van der Waals surface area contributed by atoms with Crippen LogP contribution in [0.2, 0.25) is 10.0 Å². The van der Waals surface area contributed by atoms with Crippen LogP contribution in [0.1, 0.15) is 43.0 Å². The number of hydrazone groups is 2. The first-order valence-corrected chi connectivity index (χ1v) is 16.7. The number of rotatable bonds is 6. The molecule has 0 saturated heterocycles. The minimum absolute atomic E-state index is 0.00928. The summed E-state index contributed by atoms with van der Waals surface area (Å²) < 4.78 is 0. The molecule has 2 heterocycles. The molecular weight excluding hydrogens is 687 g/mol. The highest BCUT2D eigenvalue weighted by Crippen LogP contribution is 2.43. The largest absolute Gasteiger partial charge is 0.507 e. The highest BCUT2D eigenvalue weighted by Gasteiger charge is 2.31. The van der Waals surface area contributed by atoms with Gasteiger partial charge in [0.05, 0.1) is 19.1 Å². The van der Waals surface area contributed by atoms with Crippen molar-refractivity contribution in [3.8, 4) is 11.5 Å². The fraction of sp³-hybridized carbons (Fsp3) is 0.0769. The van der Waals surface area contributed by atoms with Crippen LogP contribution in [0.25, 0.3) is 21.5 Å². The van der Waals surface area contributed by atoms with Crippen molar-refractivity contribution in [3.63, 3.8) is 0 Å². The molecule has 2 aliphatic heterocycles. The fourth-order valence-electron chi connectivity index (χ4n) is 6.69. The Kier molecular flexibility index (Phi) is 8.18. The lowest BCUT2D eigenvalue weighted by atomic mass is 9.93. The number of aromatic hydroxyl groups is 2. The quantitative estimate of drug-likeness (QED) is 0.104. The number of halogens is 2. The number of carbonyl (C=O) groups is 2. The topological polar surface area (TPSA) is 130 Å². The lowest BCUT2D eigenvalue weighted by Crippen LogP contribution is -2.46. The van der Waals surface area contributed by atoms with Crippen LogP contribution >= 0.6 is 23.2 Å². The van der Waals surface area contributed by atoms with Gasteiger partial charge < -0.3 is 20.0 Å². The zero-order valence-electron chi connectivity index (χ0n) is 26.8. The maximum Gasteiger partial charge on any atom is 0.271 e. The molecule has 0 atom stereocenters. The van der Waals surface area contributed by atoms with Crippen molar-refractivity contribution in [2.75, 3.05) is 16.5 Å². The van der Waals surface area contributed by atoms with Crippen LogP contribution < -0.4 is 20.7 Å². The van der Waals surface area contributed by atoms with Crippen molar-refractivity contribution < 1.29 is 19.8 Å². The highest BCUT2D eigenvalue weighted by molar-refractivity contribution is 6.31. The standard InChI is InChI=1S/C39H28Cl2N6O4/c40-28-5-11-36(48)26(15-28)17-42-44-38(50)24-1-7-30-22(13-24)3-9-34-32(30)19-46-21-47(34)20-33-31-8-2-25(14-23(31)4-10-35(33)46)39(51)45-43-18-27-16-29(41)6-12-37(27)49/h1-18,48-49H,19-21H2,(H,44,50)(H,45,51)/b42-17+,43-18+. The molecule has 0 saturated carbocycles. The van der Waals surface area contributed by atoms with Gasteiger partial charge in [0.1, 0.15) is 11.5 Å². The van der Waals surface area contributed by atoms with Crippen LogP contribution in [0.5, 0.6) is 11.5 Å². The van der Waals surface area contributed by atoms with E-state index in [0.717, 1.165) is 39.6 Å². The molecule has 0 unspecified atom stereocenters. The summed E-state index contributed by atoms with van der Waals surface area (Å²) in [5.41, 5.74) is 11.4. The van der Waals surface area contributed by atoms with Gasteiger partial charge in [-0.2, -0.15) is 10.2 Å². The molecule has 51 heavy (non-hydrogen) atoms. The van der Waals surface area contributed by atoms with E-state index in [1.807, 2.05) is 36.4 Å². The SMILES string of the molecule is O=C(N/N=C/c1cc(Cl)ccc1O)c1ccc2c3c(ccc2c1)N1Cc2c(ccc4cc(C(=O)N/N=C/c5cc(Cl)ccc5O)ccc24)N(C3)C1. The minimum Gasteiger partial charge on any atom is -0.507 e. The van der Waals surface area contributed by atoms with Crippen LogP contribution in [-0.4, -0.2) is 41.1 Å². The van der Waals surface area contributed by atoms with Gasteiger partial charge in [-0.15, -0.1) is 0 Å². The predicted molar refractivity (Wildman–Crippen MR) is 201 cm³/mol. The van der Waals surface area contributed by atoms with Crippen molar-refractivity contribution in [1.82, 2.24) is 10.9 Å². The smallest absolute Gasteiger partial charge is 0.271 e. The summed E-state index contributed by atoms with van der Waals surface area (Å²) in [5.74, 6) is -0.724. The summed E-state index contributed by atoms with van der Waals surface area (Å²) in [6.45, 7) is 2.14. The molecule has 2 amide bonds. The Morgan fingerprint density at radius 3 is 1.51 bits per heavy atom. The average molecular weight is 716 g/mol. The number of nitrogens with zero attached hydrogens (tertiary/aromatic N) is 4. The predicted octanol–water partition coefficient (Wildman–Crippen LogP) is 7.54. The molecule has 0 radical (unpaired) electrons. The van der Waals surface area contributed by atoms with Crippen molar-refractivity contribution >= 4 is 80.4 Å². The molecule has 6 aromatic carbocycles. The van der Waals surface area contributed by atoms with Gasteiger partial charge in [-0.05, 0) is 94.3 Å². The van der Waals surface area contributed by atoms with E-state index in [1.165, 1.54) is 35.7 Å². The lowest BCUT2D eigenvalue weighted by Gasteiger charge is -2.45. The molecule has 0 fully saturated rings. The second-order valence-corrected chi connectivity index (χ2v) is 13.2. The van der Waals surface area contributed by atoms with E-state index in [4.69, 9.17) is 23.2 Å². The summed E-state index contributed by atoms with van der Waals surface area (Å²) in [5, 5.41) is 32.9. The number of phenols is 2. The molecule has 6 aromatic rings. The molecule has 2 aliphatic rings. The Bertz CT molecular complexity index is 2310. The maximum absolute atomic E-state index is 12.9. The Hall–Kier alpha value is -6.10. The van der Waals surface area contributed by atoms with Crippen LogP contribution in [0.3, 0.4) is 0 Å². The second kappa shape index (κ2) is 13.0. The molecule has 0 aromatic heterocycles. The number of fused-ring (bicyclic) bond motifs is 10. The molecule has 10 nitrogen and oxygen atoms in total. The number of anilines is 2. The van der Waals surface area contributed by atoms with E-state index in [9.17, 15) is 19.8 Å². The third-order valence-electron chi connectivity index (χ3n) is 9.18. The Morgan fingerprint density at radius 2 is 1.06 bits per heavy atom. The molecule has 4 N–H and O–H groups in total. The Balaban J connectivity index is 1.00. The molecule has 0 spiro atoms. The number of hydrogen-bond donors (Lipinski definition) is 4. The third kappa shape index (κ3) is 6.16. The lowest BCUT2D eigenvalue weighted by molar-refractivity contribution is 0.0947. The summed E-state index contributed by atoms with van der Waals surface area (Å²) in [7, 11) is 0. The van der Waals surface area contributed by atoms with Gasteiger partial charge in [-0.1, -0.05) is 47.5 Å². The van der Waals surface area contributed by atoms with Gasteiger partial charge in [0.2, 0.25) is 0 Å². The number of nitrogens with one attached hydrogen (secondary N) is 2. The molecular formula is C39H28Cl2N6O4. The van der Waals surface area contributed by atoms with Gasteiger partial charge in [0, 0.05) is 67.9 Å². The van der Waals surface area contributed by atoms with Crippen molar-refractivity contribution in [3.05, 3.63) is 140 Å². The fourth-order valence-corrected chi connectivity index (χ4v) is 7.05. The van der Waals surface area contributed by atoms with Crippen LogP contribution in [0.15, 0.2) is 107 Å². The molecule has 2 bridgehead atoms. The molecule has 8 rings (SSSR count). The van der Waals surface area contributed by atoms with Gasteiger partial charge in [0.15, 0.2) is 0 Å². The number of hydrogen-bond acceptors (Lipinski definition) is 8. The van der Waals surface area contributed by atoms with Crippen molar-refractivity contribution in [2.45, 2.75) is 13.1 Å². The summed E-state index contributed by atoms with van der Waals surface area (Å²) >= 11 is 12.0. The normalized spacial score (nSPS) is 13.5. The van der Waals surface area contributed by atoms with Crippen LogP contribution in [0.4, 0.5) is 11.4 Å². The van der Waals surface area contributed by atoms with Crippen LogP contribution in [-0.2, 0) is 13.1 Å². The van der Waals surface area contributed by atoms with E-state index in [2.05, 4.69) is 43.0 Å². The molecule has 252 valence electrons. The summed E-state index contributed by atoms with van der Waals surface area (Å²) in [4.78, 5) is 30.6. The first kappa shape index (κ1) is 32.1. The summed E-state index contributed by atoms with van der Waals surface area (Å²) in [6.07, 6.45) is 2.70. The number of carbonyl (C=O) groups excluding carboxylic acids is 2. The number of benzene rings is 6. The molecule has 12 heteroatoms. The van der Waals surface area contributed by atoms with Gasteiger partial charge >= 0.3 is 0 Å². The minimum atomic E-state index is -0.372. The zero-order valence-corrected chi connectivity index (χ0v) is 28.3. The maximum atomic E-state index is 12.9. The van der Waals surface area contributed by atoms with E-state index in [1.54, 1.807) is 36.4 Å². The van der Waals surface area contributed by atoms with Gasteiger partial charge in [-0.3, -0.25) is 9.59 Å². The number of phenolic OH excluding ortho intramolecular Hbond substituents is 2.